The minimum absolute atomic E-state index is 0.187. The zero-order valence-corrected chi connectivity index (χ0v) is 11.0. The molecule has 100 valence electrons. The maximum Gasteiger partial charge on any atom is 0.414 e. The molecule has 0 N–H and O–H groups in total. The molecule has 1 amide bonds. The van der Waals surface area contributed by atoms with E-state index in [1.807, 2.05) is 36.4 Å². The number of aromatic nitrogens is 1. The molecule has 1 aromatic carbocycles. The Balaban J connectivity index is 2.04. The number of benzene rings is 1. The highest BCUT2D eigenvalue weighted by molar-refractivity contribution is 5.88. The number of pyridine rings is 1. The van der Waals surface area contributed by atoms with Crippen LogP contribution in [0.2, 0.25) is 0 Å². The SMILES string of the molecule is CN(C(=O)OCc1ccccc1)c1cccnc1C#N. The number of carbonyl (C=O) groups excluding carboxylic acids is 1. The topological polar surface area (TPSA) is 66.2 Å². The predicted molar refractivity (Wildman–Crippen MR) is 74.0 cm³/mol. The Kier molecular flexibility index (Phi) is 4.30. The summed E-state index contributed by atoms with van der Waals surface area (Å²) in [5, 5.41) is 8.97. The van der Waals surface area contributed by atoms with Crippen molar-refractivity contribution in [3.63, 3.8) is 0 Å². The van der Waals surface area contributed by atoms with E-state index in [2.05, 4.69) is 4.98 Å². The number of carbonyl (C=O) groups is 1. The van der Waals surface area contributed by atoms with Gasteiger partial charge in [-0.3, -0.25) is 4.90 Å². The highest BCUT2D eigenvalue weighted by atomic mass is 16.6. The van der Waals surface area contributed by atoms with Gasteiger partial charge >= 0.3 is 6.09 Å². The summed E-state index contributed by atoms with van der Waals surface area (Å²) in [5.41, 5.74) is 1.51. The number of ether oxygens (including phenoxy) is 1. The Morgan fingerprint density at radius 2 is 2.05 bits per heavy atom. The van der Waals surface area contributed by atoms with Crippen LogP contribution in [0.4, 0.5) is 10.5 Å². The Bertz CT molecular complexity index is 635. The van der Waals surface area contributed by atoms with Crippen molar-refractivity contribution in [2.24, 2.45) is 0 Å². The summed E-state index contributed by atoms with van der Waals surface area (Å²) in [6.45, 7) is 0.187. The number of amides is 1. The fraction of sp³-hybridized carbons (Fsp3) is 0.133. The monoisotopic (exact) mass is 267 g/mol. The molecule has 0 aliphatic heterocycles. The Morgan fingerprint density at radius 3 is 2.75 bits per heavy atom. The highest BCUT2D eigenvalue weighted by Gasteiger charge is 2.16. The van der Waals surface area contributed by atoms with Gasteiger partial charge in [0.2, 0.25) is 0 Å². The van der Waals surface area contributed by atoms with Crippen molar-refractivity contribution in [3.8, 4) is 6.07 Å². The molecule has 5 heteroatoms. The molecule has 0 radical (unpaired) electrons. The number of hydrogen-bond donors (Lipinski definition) is 0. The van der Waals surface area contributed by atoms with Crippen molar-refractivity contribution in [1.82, 2.24) is 4.98 Å². The molecule has 0 bridgehead atoms. The van der Waals surface area contributed by atoms with Gasteiger partial charge in [0.1, 0.15) is 12.7 Å². The molecule has 5 nitrogen and oxygen atoms in total. The summed E-state index contributed by atoms with van der Waals surface area (Å²) >= 11 is 0. The van der Waals surface area contributed by atoms with Crippen molar-refractivity contribution in [2.75, 3.05) is 11.9 Å². The fourth-order valence-corrected chi connectivity index (χ4v) is 1.67. The Hall–Kier alpha value is -2.87. The first-order valence-corrected chi connectivity index (χ1v) is 6.02. The second kappa shape index (κ2) is 6.34. The second-order valence-corrected chi connectivity index (χ2v) is 4.08. The van der Waals surface area contributed by atoms with Crippen LogP contribution >= 0.6 is 0 Å². The fourth-order valence-electron chi connectivity index (χ4n) is 1.67. The largest absolute Gasteiger partial charge is 0.444 e. The van der Waals surface area contributed by atoms with Gasteiger partial charge in [0.15, 0.2) is 5.69 Å². The van der Waals surface area contributed by atoms with Gasteiger partial charge in [0.05, 0.1) is 5.69 Å². The van der Waals surface area contributed by atoms with E-state index in [-0.39, 0.29) is 12.3 Å². The lowest BCUT2D eigenvalue weighted by molar-refractivity contribution is 0.148. The Labute approximate surface area is 117 Å². The maximum absolute atomic E-state index is 12.0. The van der Waals surface area contributed by atoms with Crippen molar-refractivity contribution >= 4 is 11.8 Å². The number of hydrogen-bond acceptors (Lipinski definition) is 4. The van der Waals surface area contributed by atoms with E-state index < -0.39 is 6.09 Å². The van der Waals surface area contributed by atoms with Crippen LogP contribution in [-0.4, -0.2) is 18.1 Å². The van der Waals surface area contributed by atoms with Crippen LogP contribution < -0.4 is 4.90 Å². The molecule has 1 heterocycles. The van der Waals surface area contributed by atoms with Gasteiger partial charge < -0.3 is 4.74 Å². The average Bonchev–Trinajstić information content (AvgIpc) is 2.52. The normalized spacial score (nSPS) is 9.60. The molecule has 0 aliphatic carbocycles. The van der Waals surface area contributed by atoms with Gasteiger partial charge in [-0.05, 0) is 17.7 Å². The van der Waals surface area contributed by atoms with E-state index in [0.717, 1.165) is 5.56 Å². The van der Waals surface area contributed by atoms with E-state index >= 15 is 0 Å². The van der Waals surface area contributed by atoms with Gasteiger partial charge in [0.25, 0.3) is 0 Å². The summed E-state index contributed by atoms with van der Waals surface area (Å²) in [7, 11) is 1.55. The molecular formula is C15H13N3O2. The molecule has 1 aromatic heterocycles. The van der Waals surface area contributed by atoms with Gasteiger partial charge in [-0.15, -0.1) is 0 Å². The summed E-state index contributed by atoms with van der Waals surface area (Å²) in [4.78, 5) is 17.1. The Morgan fingerprint density at radius 1 is 1.30 bits per heavy atom. The van der Waals surface area contributed by atoms with Crippen molar-refractivity contribution in [1.29, 1.82) is 5.26 Å². The van der Waals surface area contributed by atoms with Crippen LogP contribution in [0, 0.1) is 11.3 Å². The molecule has 2 aromatic rings. The van der Waals surface area contributed by atoms with Crippen molar-refractivity contribution in [3.05, 3.63) is 59.9 Å². The molecule has 0 spiro atoms. The van der Waals surface area contributed by atoms with Crippen LogP contribution in [-0.2, 0) is 11.3 Å². The first-order chi connectivity index (χ1) is 9.72. The van der Waals surface area contributed by atoms with E-state index in [0.29, 0.717) is 5.69 Å². The molecule has 20 heavy (non-hydrogen) atoms. The third kappa shape index (κ3) is 3.12. The number of nitrogens with zero attached hydrogens (tertiary/aromatic N) is 3. The summed E-state index contributed by atoms with van der Waals surface area (Å²) in [6.07, 6.45) is 0.976. The van der Waals surface area contributed by atoms with Crippen LogP contribution in [0.5, 0.6) is 0 Å². The average molecular weight is 267 g/mol. The van der Waals surface area contributed by atoms with E-state index in [1.165, 1.54) is 11.1 Å². The zero-order chi connectivity index (χ0) is 14.4. The van der Waals surface area contributed by atoms with Crippen LogP contribution in [0.3, 0.4) is 0 Å². The number of rotatable bonds is 3. The summed E-state index contributed by atoms with van der Waals surface area (Å²) < 4.78 is 5.19. The first-order valence-electron chi connectivity index (χ1n) is 6.02. The van der Waals surface area contributed by atoms with E-state index in [9.17, 15) is 4.79 Å². The first kappa shape index (κ1) is 13.6. The minimum Gasteiger partial charge on any atom is -0.444 e. The number of anilines is 1. The minimum atomic E-state index is -0.529. The molecule has 0 saturated carbocycles. The summed E-state index contributed by atoms with van der Waals surface area (Å²) in [6, 6.07) is 14.7. The number of nitriles is 1. The van der Waals surface area contributed by atoms with Gasteiger partial charge in [-0.2, -0.15) is 5.26 Å². The highest BCUT2D eigenvalue weighted by Crippen LogP contribution is 2.17. The van der Waals surface area contributed by atoms with Gasteiger partial charge in [-0.1, -0.05) is 30.3 Å². The molecular weight excluding hydrogens is 254 g/mol. The maximum atomic E-state index is 12.0. The van der Waals surface area contributed by atoms with Crippen LogP contribution in [0.15, 0.2) is 48.7 Å². The lowest BCUT2D eigenvalue weighted by atomic mass is 10.2. The lowest BCUT2D eigenvalue weighted by Gasteiger charge is -2.17. The van der Waals surface area contributed by atoms with Crippen LogP contribution in [0.1, 0.15) is 11.3 Å². The standard InChI is InChI=1S/C15H13N3O2/c1-18(14-8-5-9-17-13(14)10-16)15(19)20-11-12-6-3-2-4-7-12/h2-9H,11H2,1H3. The molecule has 0 saturated heterocycles. The van der Waals surface area contributed by atoms with E-state index in [1.54, 1.807) is 19.2 Å². The predicted octanol–water partition coefficient (Wildman–Crippen LogP) is 2.73. The quantitative estimate of drug-likeness (QED) is 0.857. The van der Waals surface area contributed by atoms with Gasteiger partial charge in [-0.25, -0.2) is 9.78 Å². The molecule has 0 unspecified atom stereocenters. The molecule has 0 fully saturated rings. The lowest BCUT2D eigenvalue weighted by Crippen LogP contribution is -2.27. The zero-order valence-electron chi connectivity index (χ0n) is 11.0. The third-order valence-electron chi connectivity index (χ3n) is 2.73. The summed E-state index contributed by atoms with van der Waals surface area (Å²) in [5.74, 6) is 0. The third-order valence-corrected chi connectivity index (χ3v) is 2.73. The van der Waals surface area contributed by atoms with Crippen LogP contribution in [0.25, 0.3) is 0 Å². The molecule has 0 atom stereocenters. The van der Waals surface area contributed by atoms with Gasteiger partial charge in [0, 0.05) is 13.2 Å². The van der Waals surface area contributed by atoms with Crippen molar-refractivity contribution in [2.45, 2.75) is 6.61 Å². The molecule has 2 rings (SSSR count). The molecule has 0 aliphatic rings. The van der Waals surface area contributed by atoms with E-state index in [4.69, 9.17) is 10.00 Å². The smallest absolute Gasteiger partial charge is 0.414 e. The second-order valence-electron chi connectivity index (χ2n) is 4.08. The van der Waals surface area contributed by atoms with Crippen molar-refractivity contribution < 1.29 is 9.53 Å².